The Morgan fingerprint density at radius 1 is 1.45 bits per heavy atom. The second kappa shape index (κ2) is 2.40. The monoisotopic (exact) mass is 157 g/mol. The predicted octanol–water partition coefficient (Wildman–Crippen LogP) is 1.53. The second-order valence-electron chi connectivity index (χ2n) is 4.12. The Labute approximate surface area is 67.1 Å². The molecule has 1 saturated heterocycles. The number of carbonyl (C=O) groups excluding carboxylic acids is 1. The average molecular weight is 157 g/mol. The number of cyclic esters (lactones) is 1. The average Bonchev–Trinajstić information content (AvgIpc) is 2.08. The zero-order valence-electron chi connectivity index (χ0n) is 7.47. The lowest BCUT2D eigenvalue weighted by Crippen LogP contribution is -2.37. The quantitative estimate of drug-likeness (QED) is 0.579. The molecule has 1 amide bonds. The molecule has 0 aromatic heterocycles. The Kier molecular flexibility index (Phi) is 1.82. The summed E-state index contributed by atoms with van der Waals surface area (Å²) in [5.74, 6) is 0. The van der Waals surface area contributed by atoms with Crippen LogP contribution in [0.4, 0.5) is 4.79 Å². The van der Waals surface area contributed by atoms with Crippen molar-refractivity contribution in [2.45, 2.75) is 39.8 Å². The van der Waals surface area contributed by atoms with Crippen LogP contribution in [0.15, 0.2) is 0 Å². The van der Waals surface area contributed by atoms with Gasteiger partial charge in [-0.25, -0.2) is 4.79 Å². The van der Waals surface area contributed by atoms with Crippen molar-refractivity contribution < 1.29 is 9.53 Å². The van der Waals surface area contributed by atoms with E-state index >= 15 is 0 Å². The molecule has 0 spiro atoms. The van der Waals surface area contributed by atoms with E-state index in [0.717, 1.165) is 0 Å². The van der Waals surface area contributed by atoms with Gasteiger partial charge in [0, 0.05) is 5.41 Å². The van der Waals surface area contributed by atoms with E-state index in [2.05, 4.69) is 26.1 Å². The van der Waals surface area contributed by atoms with Gasteiger partial charge in [-0.05, 0) is 6.92 Å². The Morgan fingerprint density at radius 2 is 2.00 bits per heavy atom. The summed E-state index contributed by atoms with van der Waals surface area (Å²) in [5.41, 5.74) is 0.0264. The molecular weight excluding hydrogens is 142 g/mol. The van der Waals surface area contributed by atoms with E-state index in [1.54, 1.807) is 0 Å². The molecule has 3 nitrogen and oxygen atoms in total. The van der Waals surface area contributed by atoms with Gasteiger partial charge in [0.05, 0.1) is 6.04 Å². The Morgan fingerprint density at radius 3 is 2.18 bits per heavy atom. The molecule has 1 rings (SSSR count). The first-order valence-electron chi connectivity index (χ1n) is 3.88. The molecule has 0 aromatic carbocycles. The summed E-state index contributed by atoms with van der Waals surface area (Å²) in [6.45, 7) is 8.15. The normalized spacial score (nSPS) is 31.5. The Bertz CT molecular complexity index is 171. The van der Waals surface area contributed by atoms with Crippen molar-refractivity contribution in [2.75, 3.05) is 0 Å². The number of rotatable bonds is 0. The number of nitrogens with one attached hydrogen (secondary N) is 1. The largest absolute Gasteiger partial charge is 0.444 e. The standard InChI is InChI=1S/C8H15NO2/c1-5-6(8(2,3)4)11-7(10)9-5/h5-6H,1-4H3,(H,9,10). The lowest BCUT2D eigenvalue weighted by molar-refractivity contribution is 0.0590. The maximum Gasteiger partial charge on any atom is 0.407 e. The number of alkyl carbamates (subject to hydrolysis) is 1. The summed E-state index contributed by atoms with van der Waals surface area (Å²) in [6, 6.07) is 0.127. The van der Waals surface area contributed by atoms with Gasteiger partial charge < -0.3 is 10.1 Å². The van der Waals surface area contributed by atoms with Crippen LogP contribution >= 0.6 is 0 Å². The van der Waals surface area contributed by atoms with Crippen LogP contribution in [0.1, 0.15) is 27.7 Å². The molecule has 0 aliphatic carbocycles. The molecule has 0 bridgehead atoms. The summed E-state index contributed by atoms with van der Waals surface area (Å²) in [4.78, 5) is 10.8. The molecule has 64 valence electrons. The third kappa shape index (κ3) is 1.64. The number of hydrogen-bond acceptors (Lipinski definition) is 2. The molecule has 2 atom stereocenters. The van der Waals surface area contributed by atoms with Crippen molar-refractivity contribution in [2.24, 2.45) is 5.41 Å². The third-order valence-corrected chi connectivity index (χ3v) is 1.89. The van der Waals surface area contributed by atoms with Crippen LogP contribution in [0.3, 0.4) is 0 Å². The van der Waals surface area contributed by atoms with Crippen molar-refractivity contribution in [1.82, 2.24) is 5.32 Å². The highest BCUT2D eigenvalue weighted by molar-refractivity contribution is 5.70. The molecule has 0 radical (unpaired) electrons. The second-order valence-corrected chi connectivity index (χ2v) is 4.12. The van der Waals surface area contributed by atoms with Crippen LogP contribution in [0.5, 0.6) is 0 Å². The number of amides is 1. The van der Waals surface area contributed by atoms with Gasteiger partial charge in [0.15, 0.2) is 0 Å². The summed E-state index contributed by atoms with van der Waals surface area (Å²) in [7, 11) is 0. The van der Waals surface area contributed by atoms with Crippen molar-refractivity contribution in [3.63, 3.8) is 0 Å². The van der Waals surface area contributed by atoms with Crippen LogP contribution in [0, 0.1) is 5.41 Å². The van der Waals surface area contributed by atoms with Gasteiger partial charge in [0.1, 0.15) is 6.10 Å². The lowest BCUT2D eigenvalue weighted by Gasteiger charge is -2.27. The van der Waals surface area contributed by atoms with Crippen LogP contribution in [-0.4, -0.2) is 18.2 Å². The number of hydrogen-bond donors (Lipinski definition) is 1. The molecule has 3 heteroatoms. The van der Waals surface area contributed by atoms with E-state index in [9.17, 15) is 4.79 Å². The van der Waals surface area contributed by atoms with Gasteiger partial charge in [-0.2, -0.15) is 0 Å². The topological polar surface area (TPSA) is 38.3 Å². The van der Waals surface area contributed by atoms with Crippen molar-refractivity contribution in [1.29, 1.82) is 0 Å². The van der Waals surface area contributed by atoms with Crippen molar-refractivity contribution in [3.8, 4) is 0 Å². The summed E-state index contributed by atoms with van der Waals surface area (Å²) in [6.07, 6.45) is -0.299. The van der Waals surface area contributed by atoms with Crippen LogP contribution in [0.2, 0.25) is 0 Å². The van der Waals surface area contributed by atoms with Crippen LogP contribution < -0.4 is 5.32 Å². The van der Waals surface area contributed by atoms with Gasteiger partial charge in [-0.3, -0.25) is 0 Å². The Balaban J connectivity index is 2.67. The third-order valence-electron chi connectivity index (χ3n) is 1.89. The molecule has 1 aliphatic rings. The van der Waals surface area contributed by atoms with E-state index in [-0.39, 0.29) is 23.7 Å². The van der Waals surface area contributed by atoms with Crippen molar-refractivity contribution >= 4 is 6.09 Å². The summed E-state index contributed by atoms with van der Waals surface area (Å²) < 4.78 is 5.09. The maximum absolute atomic E-state index is 10.8. The highest BCUT2D eigenvalue weighted by Gasteiger charge is 2.38. The van der Waals surface area contributed by atoms with Crippen LogP contribution in [0.25, 0.3) is 0 Å². The van der Waals surface area contributed by atoms with Gasteiger partial charge in [0.25, 0.3) is 0 Å². The first-order chi connectivity index (χ1) is 4.91. The maximum atomic E-state index is 10.8. The highest BCUT2D eigenvalue weighted by Crippen LogP contribution is 2.27. The molecule has 1 fully saturated rings. The first-order valence-corrected chi connectivity index (χ1v) is 3.88. The molecule has 1 N–H and O–H groups in total. The van der Waals surface area contributed by atoms with Crippen LogP contribution in [-0.2, 0) is 4.74 Å². The van der Waals surface area contributed by atoms with Crippen molar-refractivity contribution in [3.05, 3.63) is 0 Å². The van der Waals surface area contributed by atoms with E-state index in [1.807, 2.05) is 6.92 Å². The smallest absolute Gasteiger partial charge is 0.407 e. The minimum Gasteiger partial charge on any atom is -0.444 e. The minimum atomic E-state index is -0.294. The fraction of sp³-hybridized carbons (Fsp3) is 0.875. The molecule has 0 aromatic rings. The molecule has 1 aliphatic heterocycles. The van der Waals surface area contributed by atoms with Gasteiger partial charge >= 0.3 is 6.09 Å². The highest BCUT2D eigenvalue weighted by atomic mass is 16.6. The molecule has 11 heavy (non-hydrogen) atoms. The van der Waals surface area contributed by atoms with Gasteiger partial charge in [-0.1, -0.05) is 20.8 Å². The molecule has 2 unspecified atom stereocenters. The number of ether oxygens (including phenoxy) is 1. The van der Waals surface area contributed by atoms with Gasteiger partial charge in [0.2, 0.25) is 0 Å². The fourth-order valence-electron chi connectivity index (χ4n) is 1.44. The first kappa shape index (κ1) is 8.37. The van der Waals surface area contributed by atoms with E-state index < -0.39 is 0 Å². The van der Waals surface area contributed by atoms with E-state index in [1.165, 1.54) is 0 Å². The molecule has 0 saturated carbocycles. The predicted molar refractivity (Wildman–Crippen MR) is 42.3 cm³/mol. The SMILES string of the molecule is CC1NC(=O)OC1C(C)(C)C. The van der Waals surface area contributed by atoms with E-state index in [0.29, 0.717) is 0 Å². The number of carbonyl (C=O) groups is 1. The molecule has 1 heterocycles. The summed E-state index contributed by atoms with van der Waals surface area (Å²) in [5, 5.41) is 2.71. The molecular formula is C8H15NO2. The minimum absolute atomic E-state index is 0.00463. The fourth-order valence-corrected chi connectivity index (χ4v) is 1.44. The lowest BCUT2D eigenvalue weighted by atomic mass is 9.86. The van der Waals surface area contributed by atoms with E-state index in [4.69, 9.17) is 4.74 Å². The zero-order chi connectivity index (χ0) is 8.65. The zero-order valence-corrected chi connectivity index (χ0v) is 7.47. The summed E-state index contributed by atoms with van der Waals surface area (Å²) >= 11 is 0. The Hall–Kier alpha value is -0.730. The van der Waals surface area contributed by atoms with Gasteiger partial charge in [-0.15, -0.1) is 0 Å².